The Kier molecular flexibility index (Phi) is 5.31. The van der Waals surface area contributed by atoms with Gasteiger partial charge in [-0.2, -0.15) is 0 Å². The fourth-order valence-electron chi connectivity index (χ4n) is 2.39. The van der Waals surface area contributed by atoms with Crippen LogP contribution in [0.4, 0.5) is 0 Å². The predicted molar refractivity (Wildman–Crippen MR) is 82.3 cm³/mol. The molecule has 0 aliphatic carbocycles. The van der Waals surface area contributed by atoms with Crippen molar-refractivity contribution in [2.45, 2.75) is 31.6 Å². The summed E-state index contributed by atoms with van der Waals surface area (Å²) in [4.78, 5) is 12.3. The van der Waals surface area contributed by atoms with E-state index in [9.17, 15) is 9.00 Å². The van der Waals surface area contributed by atoms with Gasteiger partial charge in [0.15, 0.2) is 0 Å². The highest BCUT2D eigenvalue weighted by Crippen LogP contribution is 2.18. The van der Waals surface area contributed by atoms with Crippen molar-refractivity contribution in [3.8, 4) is 0 Å². The number of carbonyl (C=O) groups is 1. The van der Waals surface area contributed by atoms with Crippen LogP contribution in [0.1, 0.15) is 34.8 Å². The Morgan fingerprint density at radius 1 is 1.50 bits per heavy atom. The second-order valence-electron chi connectivity index (χ2n) is 5.22. The zero-order valence-corrected chi connectivity index (χ0v) is 12.9. The van der Waals surface area contributed by atoms with Crippen molar-refractivity contribution in [2.24, 2.45) is 0 Å². The van der Waals surface area contributed by atoms with E-state index in [0.29, 0.717) is 6.54 Å². The van der Waals surface area contributed by atoms with Crippen molar-refractivity contribution in [2.75, 3.05) is 19.3 Å². The maximum absolute atomic E-state index is 12.3. The van der Waals surface area contributed by atoms with Crippen molar-refractivity contribution in [3.05, 3.63) is 34.9 Å². The van der Waals surface area contributed by atoms with E-state index in [-0.39, 0.29) is 11.2 Å². The van der Waals surface area contributed by atoms with Crippen LogP contribution in [0.5, 0.6) is 0 Å². The summed E-state index contributed by atoms with van der Waals surface area (Å²) in [6.45, 7) is 4.27. The molecular formula is C15H22N2O2S. The van der Waals surface area contributed by atoms with E-state index in [1.54, 1.807) is 6.26 Å². The molecule has 0 aromatic heterocycles. The molecule has 0 radical (unpaired) electrons. The van der Waals surface area contributed by atoms with Gasteiger partial charge in [-0.15, -0.1) is 0 Å². The molecule has 0 saturated carbocycles. The first-order valence-electron chi connectivity index (χ1n) is 7.01. The normalized spacial score (nSPS) is 17.1. The topological polar surface area (TPSA) is 58.2 Å². The lowest BCUT2D eigenvalue weighted by Crippen LogP contribution is -2.31. The number of nitrogens with one attached hydrogen (secondary N) is 2. The molecule has 1 heterocycles. The molecule has 0 saturated heterocycles. The summed E-state index contributed by atoms with van der Waals surface area (Å²) in [6, 6.07) is 5.89. The van der Waals surface area contributed by atoms with Crippen LogP contribution >= 0.6 is 0 Å². The molecule has 2 N–H and O–H groups in total. The minimum absolute atomic E-state index is 0.0159. The Bertz CT molecular complexity index is 517. The third kappa shape index (κ3) is 3.67. The van der Waals surface area contributed by atoms with Gasteiger partial charge < -0.3 is 10.6 Å². The summed E-state index contributed by atoms with van der Waals surface area (Å²) in [5, 5.41) is 6.37. The lowest BCUT2D eigenvalue weighted by Gasteiger charge is -2.20. The fourth-order valence-corrected chi connectivity index (χ4v) is 2.84. The molecule has 2 atom stereocenters. The van der Waals surface area contributed by atoms with Crippen molar-refractivity contribution < 1.29 is 9.00 Å². The number of amides is 1. The van der Waals surface area contributed by atoms with Crippen molar-refractivity contribution in [1.29, 1.82) is 0 Å². The molecule has 0 bridgehead atoms. The number of hydrogen-bond acceptors (Lipinski definition) is 3. The monoisotopic (exact) mass is 294 g/mol. The van der Waals surface area contributed by atoms with E-state index in [0.717, 1.165) is 37.1 Å². The molecule has 1 aliphatic rings. The van der Waals surface area contributed by atoms with Crippen LogP contribution in [-0.4, -0.2) is 34.7 Å². The third-order valence-corrected chi connectivity index (χ3v) is 5.16. The van der Waals surface area contributed by atoms with E-state index in [1.165, 1.54) is 5.56 Å². The van der Waals surface area contributed by atoms with E-state index in [1.807, 2.05) is 19.1 Å². The van der Waals surface area contributed by atoms with Gasteiger partial charge in [0, 0.05) is 41.0 Å². The van der Waals surface area contributed by atoms with E-state index < -0.39 is 10.8 Å². The summed E-state index contributed by atoms with van der Waals surface area (Å²) in [5.41, 5.74) is 3.16. The Hall–Kier alpha value is -1.20. The second kappa shape index (κ2) is 6.99. The van der Waals surface area contributed by atoms with Crippen LogP contribution in [0.15, 0.2) is 18.2 Å². The number of carbonyl (C=O) groups excluding carboxylic acids is 1. The average Bonchev–Trinajstić information content (AvgIpc) is 2.46. The quantitative estimate of drug-likeness (QED) is 0.858. The van der Waals surface area contributed by atoms with Crippen LogP contribution in [0.2, 0.25) is 0 Å². The first kappa shape index (κ1) is 15.2. The van der Waals surface area contributed by atoms with Gasteiger partial charge >= 0.3 is 0 Å². The van der Waals surface area contributed by atoms with Crippen LogP contribution in [0, 0.1) is 0 Å². The van der Waals surface area contributed by atoms with Gasteiger partial charge in [-0.25, -0.2) is 0 Å². The molecule has 20 heavy (non-hydrogen) atoms. The zero-order chi connectivity index (χ0) is 14.5. The highest BCUT2D eigenvalue weighted by molar-refractivity contribution is 7.84. The van der Waals surface area contributed by atoms with Crippen molar-refractivity contribution in [3.63, 3.8) is 0 Å². The van der Waals surface area contributed by atoms with E-state index in [2.05, 4.69) is 16.7 Å². The number of rotatable bonds is 5. The first-order valence-corrected chi connectivity index (χ1v) is 8.63. The summed E-state index contributed by atoms with van der Waals surface area (Å²) >= 11 is 0. The van der Waals surface area contributed by atoms with Gasteiger partial charge in [0.2, 0.25) is 0 Å². The smallest absolute Gasteiger partial charge is 0.251 e. The molecule has 1 amide bonds. The molecule has 1 aromatic carbocycles. The first-order chi connectivity index (χ1) is 9.59. The number of fused-ring (bicyclic) bond motifs is 1. The van der Waals surface area contributed by atoms with E-state index in [4.69, 9.17) is 0 Å². The lowest BCUT2D eigenvalue weighted by molar-refractivity contribution is 0.0952. The van der Waals surface area contributed by atoms with Crippen LogP contribution in [-0.2, 0) is 23.8 Å². The Balaban J connectivity index is 1.98. The summed E-state index contributed by atoms with van der Waals surface area (Å²) in [6.07, 6.45) is 3.34. The third-order valence-electron chi connectivity index (χ3n) is 3.79. The standard InChI is InChI=1S/C15H22N2O2S/c1-11(20(2)19)6-9-17-15(18)14-5-3-4-12-10-16-8-7-13(12)14/h3-5,11,16H,6-10H2,1-2H3,(H,17,18). The summed E-state index contributed by atoms with van der Waals surface area (Å²) < 4.78 is 11.3. The molecule has 110 valence electrons. The molecular weight excluding hydrogens is 272 g/mol. The fraction of sp³-hybridized carbons (Fsp3) is 0.533. The molecule has 0 fully saturated rings. The minimum atomic E-state index is -0.831. The summed E-state index contributed by atoms with van der Waals surface area (Å²) in [7, 11) is -0.831. The van der Waals surface area contributed by atoms with Crippen LogP contribution in [0.25, 0.3) is 0 Å². The summed E-state index contributed by atoms with van der Waals surface area (Å²) in [5.74, 6) is -0.0159. The van der Waals surface area contributed by atoms with Gasteiger partial charge in [-0.1, -0.05) is 19.1 Å². The predicted octanol–water partition coefficient (Wildman–Crippen LogP) is 1.22. The van der Waals surface area contributed by atoms with Crippen molar-refractivity contribution >= 4 is 16.7 Å². The van der Waals surface area contributed by atoms with Gasteiger partial charge in [-0.05, 0) is 36.6 Å². The minimum Gasteiger partial charge on any atom is -0.352 e. The van der Waals surface area contributed by atoms with E-state index >= 15 is 0 Å². The SMILES string of the molecule is CC(CCNC(=O)c1cccc2c1CCNC2)S(C)=O. The van der Waals surface area contributed by atoms with Crippen LogP contribution in [0.3, 0.4) is 0 Å². The Labute approximate surface area is 122 Å². The van der Waals surface area contributed by atoms with Crippen LogP contribution < -0.4 is 10.6 Å². The molecule has 0 spiro atoms. The van der Waals surface area contributed by atoms with Crippen molar-refractivity contribution in [1.82, 2.24) is 10.6 Å². The molecule has 5 heteroatoms. The molecule has 1 aliphatic heterocycles. The zero-order valence-electron chi connectivity index (χ0n) is 12.1. The largest absolute Gasteiger partial charge is 0.352 e. The molecule has 1 aromatic rings. The molecule has 2 unspecified atom stereocenters. The van der Waals surface area contributed by atoms with Gasteiger partial charge in [0.1, 0.15) is 0 Å². The average molecular weight is 294 g/mol. The highest BCUT2D eigenvalue weighted by atomic mass is 32.2. The molecule has 4 nitrogen and oxygen atoms in total. The lowest BCUT2D eigenvalue weighted by atomic mass is 9.95. The highest BCUT2D eigenvalue weighted by Gasteiger charge is 2.17. The maximum Gasteiger partial charge on any atom is 0.251 e. The second-order valence-corrected chi connectivity index (χ2v) is 7.03. The van der Waals surface area contributed by atoms with Gasteiger partial charge in [-0.3, -0.25) is 9.00 Å². The van der Waals surface area contributed by atoms with Gasteiger partial charge in [0.05, 0.1) is 0 Å². The Morgan fingerprint density at radius 3 is 3.05 bits per heavy atom. The number of benzene rings is 1. The maximum atomic E-state index is 12.3. The van der Waals surface area contributed by atoms with Gasteiger partial charge in [0.25, 0.3) is 5.91 Å². The number of hydrogen-bond donors (Lipinski definition) is 2. The Morgan fingerprint density at radius 2 is 2.30 bits per heavy atom. The molecule has 2 rings (SSSR count).